The van der Waals surface area contributed by atoms with Crippen LogP contribution in [0.2, 0.25) is 0 Å². The maximum absolute atomic E-state index is 5.25. The minimum atomic E-state index is 0.454. The molecule has 1 aromatic heterocycles. The van der Waals surface area contributed by atoms with Gasteiger partial charge in [-0.3, -0.25) is 4.72 Å². The van der Waals surface area contributed by atoms with Gasteiger partial charge in [0, 0.05) is 29.1 Å². The Hall–Kier alpha value is -2.57. The van der Waals surface area contributed by atoms with E-state index in [2.05, 4.69) is 59.1 Å². The third kappa shape index (κ3) is 6.58. The Morgan fingerprint density at radius 1 is 1.30 bits per heavy atom. The van der Waals surface area contributed by atoms with Gasteiger partial charge in [0.05, 0.1) is 12.8 Å². The number of rotatable bonds is 10. The third-order valence-corrected chi connectivity index (χ3v) is 4.65. The van der Waals surface area contributed by atoms with Gasteiger partial charge in [-0.1, -0.05) is 43.3 Å². The van der Waals surface area contributed by atoms with Crippen molar-refractivity contribution in [1.82, 2.24) is 14.7 Å². The van der Waals surface area contributed by atoms with Crippen molar-refractivity contribution >= 4 is 29.0 Å². The van der Waals surface area contributed by atoms with Crippen LogP contribution in [0.25, 0.3) is 5.57 Å². The summed E-state index contributed by atoms with van der Waals surface area (Å²) in [5, 5.41) is 3.33. The van der Waals surface area contributed by atoms with Crippen LogP contribution < -0.4 is 10.0 Å². The van der Waals surface area contributed by atoms with Crippen LogP contribution in [0.4, 0.5) is 11.5 Å². The molecule has 0 fully saturated rings. The standard InChI is InChI=1S/C21H26N4OS/c1-6-8-19(16(4)26-5)20-12-21(23-14-22-20)24-18-10-7-9-17(11-18)13-27-25-15(2)3/h6-12,14-15,25H,1,4,13H2,2-3,5H3,(H,22,23,24)/b19-8+. The summed E-state index contributed by atoms with van der Waals surface area (Å²) >= 11 is 1.70. The van der Waals surface area contributed by atoms with E-state index in [0.717, 1.165) is 17.0 Å². The Bertz CT molecular complexity index is 817. The molecule has 0 amide bonds. The molecule has 0 aliphatic heterocycles. The second kappa shape index (κ2) is 10.5. The number of anilines is 2. The fourth-order valence-corrected chi connectivity index (χ4v) is 3.06. The van der Waals surface area contributed by atoms with E-state index in [-0.39, 0.29) is 0 Å². The highest BCUT2D eigenvalue weighted by Crippen LogP contribution is 2.24. The predicted octanol–water partition coefficient (Wildman–Crippen LogP) is 5.10. The molecule has 0 bridgehead atoms. The van der Waals surface area contributed by atoms with E-state index in [1.165, 1.54) is 11.9 Å². The molecule has 0 spiro atoms. The predicted molar refractivity (Wildman–Crippen MR) is 116 cm³/mol. The lowest BCUT2D eigenvalue weighted by Crippen LogP contribution is -2.14. The number of hydrogen-bond donors (Lipinski definition) is 2. The number of methoxy groups -OCH3 is 1. The second-order valence-electron chi connectivity index (χ2n) is 6.12. The zero-order valence-corrected chi connectivity index (χ0v) is 16.8. The van der Waals surface area contributed by atoms with E-state index in [0.29, 0.717) is 23.3 Å². The molecule has 0 aliphatic carbocycles. The summed E-state index contributed by atoms with van der Waals surface area (Å²) < 4.78 is 8.60. The molecular formula is C21H26N4OS. The Morgan fingerprint density at radius 3 is 2.81 bits per heavy atom. The molecule has 2 N–H and O–H groups in total. The summed E-state index contributed by atoms with van der Waals surface area (Å²) in [6.45, 7) is 11.9. The van der Waals surface area contributed by atoms with Crippen molar-refractivity contribution in [3.8, 4) is 0 Å². The Balaban J connectivity index is 2.15. The van der Waals surface area contributed by atoms with E-state index in [4.69, 9.17) is 4.74 Å². The van der Waals surface area contributed by atoms with E-state index >= 15 is 0 Å². The minimum absolute atomic E-state index is 0.454. The quantitative estimate of drug-likeness (QED) is 0.339. The van der Waals surface area contributed by atoms with Gasteiger partial charge < -0.3 is 10.1 Å². The Labute approximate surface area is 165 Å². The summed E-state index contributed by atoms with van der Waals surface area (Å²) in [6, 6.07) is 10.6. The molecule has 1 aromatic carbocycles. The number of hydrogen-bond acceptors (Lipinski definition) is 6. The van der Waals surface area contributed by atoms with Crippen LogP contribution in [0.5, 0.6) is 0 Å². The van der Waals surface area contributed by atoms with E-state index in [9.17, 15) is 0 Å². The molecule has 0 unspecified atom stereocenters. The first kappa shape index (κ1) is 20.7. The number of benzene rings is 1. The average Bonchev–Trinajstić information content (AvgIpc) is 2.66. The molecule has 1 heterocycles. The van der Waals surface area contributed by atoms with Gasteiger partial charge in [-0.2, -0.15) is 0 Å². The van der Waals surface area contributed by atoms with Crippen molar-refractivity contribution in [3.05, 3.63) is 79.0 Å². The van der Waals surface area contributed by atoms with E-state index in [1.54, 1.807) is 25.1 Å². The highest BCUT2D eigenvalue weighted by atomic mass is 32.2. The van der Waals surface area contributed by atoms with Gasteiger partial charge in [0.15, 0.2) is 0 Å². The molecule has 27 heavy (non-hydrogen) atoms. The fraction of sp³-hybridized carbons (Fsp3) is 0.238. The first-order valence-corrected chi connectivity index (χ1v) is 9.63. The summed E-state index contributed by atoms with van der Waals surface area (Å²) in [7, 11) is 1.58. The number of ether oxygens (including phenoxy) is 1. The number of nitrogens with zero attached hydrogens (tertiary/aromatic N) is 2. The van der Waals surface area contributed by atoms with Crippen LogP contribution >= 0.6 is 11.9 Å². The fourth-order valence-electron chi connectivity index (χ4n) is 2.30. The number of allylic oxidation sites excluding steroid dienone is 3. The zero-order valence-electron chi connectivity index (χ0n) is 16.0. The molecule has 0 saturated carbocycles. The normalized spacial score (nSPS) is 11.3. The number of nitrogens with one attached hydrogen (secondary N) is 2. The van der Waals surface area contributed by atoms with Crippen LogP contribution in [-0.4, -0.2) is 23.1 Å². The summed E-state index contributed by atoms with van der Waals surface area (Å²) in [5.74, 6) is 2.11. The third-order valence-electron chi connectivity index (χ3n) is 3.53. The van der Waals surface area contributed by atoms with Gasteiger partial charge in [-0.25, -0.2) is 9.97 Å². The largest absolute Gasteiger partial charge is 0.497 e. The molecule has 0 aliphatic rings. The van der Waals surface area contributed by atoms with Crippen molar-refractivity contribution in [1.29, 1.82) is 0 Å². The van der Waals surface area contributed by atoms with Crippen LogP contribution in [-0.2, 0) is 10.5 Å². The van der Waals surface area contributed by atoms with Gasteiger partial charge in [0.1, 0.15) is 17.9 Å². The molecule has 2 aromatic rings. The molecule has 142 valence electrons. The van der Waals surface area contributed by atoms with E-state index in [1.807, 2.05) is 24.3 Å². The summed E-state index contributed by atoms with van der Waals surface area (Å²) in [5.41, 5.74) is 3.68. The van der Waals surface area contributed by atoms with Crippen molar-refractivity contribution in [2.45, 2.75) is 25.6 Å². The maximum atomic E-state index is 5.25. The van der Waals surface area contributed by atoms with Gasteiger partial charge >= 0.3 is 0 Å². The Morgan fingerprint density at radius 2 is 2.11 bits per heavy atom. The smallest absolute Gasteiger partial charge is 0.134 e. The molecule has 0 radical (unpaired) electrons. The zero-order chi connectivity index (χ0) is 19.6. The summed E-state index contributed by atoms with van der Waals surface area (Å²) in [6.07, 6.45) is 5.02. The van der Waals surface area contributed by atoms with Crippen LogP contribution in [0, 0.1) is 0 Å². The molecular weight excluding hydrogens is 356 g/mol. The lowest BCUT2D eigenvalue weighted by molar-refractivity contribution is 0.312. The van der Waals surface area contributed by atoms with Crippen molar-refractivity contribution < 1.29 is 4.74 Å². The lowest BCUT2D eigenvalue weighted by atomic mass is 10.1. The highest BCUT2D eigenvalue weighted by molar-refractivity contribution is 7.96. The number of aromatic nitrogens is 2. The molecule has 5 nitrogen and oxygen atoms in total. The highest BCUT2D eigenvalue weighted by Gasteiger charge is 2.09. The summed E-state index contributed by atoms with van der Waals surface area (Å²) in [4.78, 5) is 8.64. The van der Waals surface area contributed by atoms with Gasteiger partial charge in [0.25, 0.3) is 0 Å². The monoisotopic (exact) mass is 382 g/mol. The van der Waals surface area contributed by atoms with Crippen LogP contribution in [0.3, 0.4) is 0 Å². The molecule has 0 saturated heterocycles. The van der Waals surface area contributed by atoms with Crippen LogP contribution in [0.1, 0.15) is 25.1 Å². The van der Waals surface area contributed by atoms with Crippen molar-refractivity contribution in [2.75, 3.05) is 12.4 Å². The first-order chi connectivity index (χ1) is 13.0. The van der Waals surface area contributed by atoms with Gasteiger partial charge in [-0.05, 0) is 37.6 Å². The van der Waals surface area contributed by atoms with Gasteiger partial charge in [-0.15, -0.1) is 0 Å². The van der Waals surface area contributed by atoms with Gasteiger partial charge in [0.2, 0.25) is 0 Å². The Kier molecular flexibility index (Phi) is 8.10. The van der Waals surface area contributed by atoms with Crippen molar-refractivity contribution in [3.63, 3.8) is 0 Å². The molecule has 6 heteroatoms. The molecule has 2 rings (SSSR count). The maximum Gasteiger partial charge on any atom is 0.134 e. The second-order valence-corrected chi connectivity index (χ2v) is 6.93. The van der Waals surface area contributed by atoms with E-state index < -0.39 is 0 Å². The lowest BCUT2D eigenvalue weighted by Gasteiger charge is -2.12. The average molecular weight is 383 g/mol. The van der Waals surface area contributed by atoms with Crippen LogP contribution in [0.15, 0.2) is 67.7 Å². The van der Waals surface area contributed by atoms with Crippen molar-refractivity contribution in [2.24, 2.45) is 0 Å². The minimum Gasteiger partial charge on any atom is -0.497 e. The molecule has 0 atom stereocenters. The first-order valence-electron chi connectivity index (χ1n) is 8.65. The topological polar surface area (TPSA) is 59.1 Å². The SMILES string of the molecule is C=C/C=C(\C(=C)OC)c1cc(Nc2cccc(CSNC(C)C)c2)ncn1.